The summed E-state index contributed by atoms with van der Waals surface area (Å²) < 4.78 is 26.5. The van der Waals surface area contributed by atoms with Crippen LogP contribution in [0.3, 0.4) is 0 Å². The third-order valence-corrected chi connectivity index (χ3v) is 3.71. The van der Waals surface area contributed by atoms with Crippen LogP contribution >= 0.6 is 0 Å². The Morgan fingerprint density at radius 2 is 1.56 bits per heavy atom. The van der Waals surface area contributed by atoms with Crippen LogP contribution in [0.25, 0.3) is 0 Å². The molecule has 0 aromatic heterocycles. The van der Waals surface area contributed by atoms with E-state index in [9.17, 15) is 8.42 Å². The number of rotatable bonds is 3. The molecule has 5 N–H and O–H groups in total. The summed E-state index contributed by atoms with van der Waals surface area (Å²) in [5.74, 6) is 0. The molecule has 2 rings (SSSR count). The van der Waals surface area contributed by atoms with E-state index >= 15 is 0 Å². The maximum atomic E-state index is 12.0. The van der Waals surface area contributed by atoms with Gasteiger partial charge >= 0.3 is 0 Å². The number of hydrogen-bond acceptors (Lipinski definition) is 4. The van der Waals surface area contributed by atoms with Gasteiger partial charge in [-0.3, -0.25) is 4.72 Å². The molecule has 0 fully saturated rings. The largest absolute Gasteiger partial charge is 0.399 e. The number of nitrogens with two attached hydrogens (primary N) is 2. The van der Waals surface area contributed by atoms with Gasteiger partial charge in [0.05, 0.1) is 4.90 Å². The van der Waals surface area contributed by atoms with Crippen LogP contribution in [0.4, 0.5) is 17.1 Å². The zero-order valence-electron chi connectivity index (χ0n) is 9.50. The summed E-state index contributed by atoms with van der Waals surface area (Å²) in [5.41, 5.74) is 12.5. The van der Waals surface area contributed by atoms with Crippen molar-refractivity contribution in [3.05, 3.63) is 48.5 Å². The maximum Gasteiger partial charge on any atom is 0.261 e. The van der Waals surface area contributed by atoms with E-state index in [0.717, 1.165) is 0 Å². The Morgan fingerprint density at radius 3 is 2.17 bits per heavy atom. The van der Waals surface area contributed by atoms with Crippen molar-refractivity contribution < 1.29 is 8.42 Å². The molecule has 0 amide bonds. The Hall–Kier alpha value is -2.21. The minimum atomic E-state index is -3.62. The van der Waals surface area contributed by atoms with Crippen LogP contribution in [0.2, 0.25) is 0 Å². The first kappa shape index (κ1) is 12.3. The molecule has 5 nitrogen and oxygen atoms in total. The van der Waals surface area contributed by atoms with Crippen molar-refractivity contribution in [1.82, 2.24) is 0 Å². The van der Waals surface area contributed by atoms with E-state index in [1.54, 1.807) is 36.4 Å². The van der Waals surface area contributed by atoms with Crippen molar-refractivity contribution in [2.75, 3.05) is 16.2 Å². The number of nitrogen functional groups attached to an aromatic ring is 2. The zero-order chi connectivity index (χ0) is 13.2. The van der Waals surface area contributed by atoms with Gasteiger partial charge in [-0.25, -0.2) is 8.42 Å². The second-order valence-corrected chi connectivity index (χ2v) is 5.48. The van der Waals surface area contributed by atoms with Crippen molar-refractivity contribution in [2.45, 2.75) is 4.90 Å². The smallest absolute Gasteiger partial charge is 0.261 e. The van der Waals surface area contributed by atoms with Crippen LogP contribution in [0, 0.1) is 0 Å². The van der Waals surface area contributed by atoms with E-state index in [2.05, 4.69) is 4.72 Å². The highest BCUT2D eigenvalue weighted by atomic mass is 32.2. The van der Waals surface area contributed by atoms with Gasteiger partial charge in [-0.2, -0.15) is 0 Å². The Labute approximate surface area is 105 Å². The summed E-state index contributed by atoms with van der Waals surface area (Å²) in [6.07, 6.45) is 0. The third kappa shape index (κ3) is 2.72. The molecule has 2 aromatic rings. The predicted molar refractivity (Wildman–Crippen MR) is 72.5 cm³/mol. The first-order valence-corrected chi connectivity index (χ1v) is 6.69. The normalized spacial score (nSPS) is 11.1. The fraction of sp³-hybridized carbons (Fsp3) is 0. The first-order chi connectivity index (χ1) is 8.47. The van der Waals surface area contributed by atoms with Gasteiger partial charge in [-0.1, -0.05) is 6.07 Å². The molecule has 0 radical (unpaired) electrons. The molecule has 94 valence electrons. The molecule has 0 spiro atoms. The van der Waals surface area contributed by atoms with Gasteiger partial charge in [0.25, 0.3) is 10.0 Å². The van der Waals surface area contributed by atoms with Crippen molar-refractivity contribution in [1.29, 1.82) is 0 Å². The van der Waals surface area contributed by atoms with Crippen molar-refractivity contribution in [2.24, 2.45) is 0 Å². The average molecular weight is 263 g/mol. The number of hydrogen-bond donors (Lipinski definition) is 3. The van der Waals surface area contributed by atoms with Crippen LogP contribution in [0.5, 0.6) is 0 Å². The van der Waals surface area contributed by atoms with Crippen molar-refractivity contribution in [3.8, 4) is 0 Å². The van der Waals surface area contributed by atoms with Crippen molar-refractivity contribution in [3.63, 3.8) is 0 Å². The molecule has 0 unspecified atom stereocenters. The summed E-state index contributed by atoms with van der Waals surface area (Å²) in [4.78, 5) is 0.124. The summed E-state index contributed by atoms with van der Waals surface area (Å²) in [6.45, 7) is 0. The Bertz CT molecular complexity index is 651. The maximum absolute atomic E-state index is 12.0. The molecule has 18 heavy (non-hydrogen) atoms. The van der Waals surface area contributed by atoms with Gasteiger partial charge in [-0.15, -0.1) is 0 Å². The van der Waals surface area contributed by atoms with Gasteiger partial charge in [0.2, 0.25) is 0 Å². The molecule has 0 aliphatic carbocycles. The van der Waals surface area contributed by atoms with Crippen LogP contribution in [-0.2, 0) is 10.0 Å². The molecule has 0 aliphatic rings. The summed E-state index contributed by atoms with van der Waals surface area (Å²) >= 11 is 0. The molecule has 0 aliphatic heterocycles. The second-order valence-electron chi connectivity index (χ2n) is 3.80. The fourth-order valence-corrected chi connectivity index (χ4v) is 2.56. The Kier molecular flexibility index (Phi) is 3.12. The van der Waals surface area contributed by atoms with Gasteiger partial charge < -0.3 is 11.5 Å². The molecule has 6 heteroatoms. The van der Waals surface area contributed by atoms with Crippen LogP contribution < -0.4 is 16.2 Å². The van der Waals surface area contributed by atoms with Crippen LogP contribution in [0.1, 0.15) is 0 Å². The lowest BCUT2D eigenvalue weighted by Crippen LogP contribution is -2.13. The van der Waals surface area contributed by atoms with Gasteiger partial charge in [0.15, 0.2) is 0 Å². The Morgan fingerprint density at radius 1 is 0.889 bits per heavy atom. The number of anilines is 3. The average Bonchev–Trinajstić information content (AvgIpc) is 2.32. The summed E-state index contributed by atoms with van der Waals surface area (Å²) in [5, 5.41) is 0. The monoisotopic (exact) mass is 263 g/mol. The fourth-order valence-electron chi connectivity index (χ4n) is 1.45. The predicted octanol–water partition coefficient (Wildman–Crippen LogP) is 1.65. The van der Waals surface area contributed by atoms with E-state index in [0.29, 0.717) is 17.1 Å². The van der Waals surface area contributed by atoms with Gasteiger partial charge in [0.1, 0.15) is 0 Å². The first-order valence-electron chi connectivity index (χ1n) is 5.21. The lowest BCUT2D eigenvalue weighted by molar-refractivity contribution is 0.601. The standard InChI is InChI=1S/C12H13N3O2S/c13-9-4-6-11(7-5-9)15-18(16,17)12-3-1-2-10(14)8-12/h1-8,15H,13-14H2. The second kappa shape index (κ2) is 4.58. The highest BCUT2D eigenvalue weighted by Gasteiger charge is 2.13. The lowest BCUT2D eigenvalue weighted by atomic mass is 10.3. The van der Waals surface area contributed by atoms with Crippen molar-refractivity contribution >= 4 is 27.1 Å². The molecular formula is C12H13N3O2S. The van der Waals surface area contributed by atoms with Crippen LogP contribution in [-0.4, -0.2) is 8.42 Å². The van der Waals surface area contributed by atoms with Gasteiger partial charge in [-0.05, 0) is 42.5 Å². The SMILES string of the molecule is Nc1ccc(NS(=O)(=O)c2cccc(N)c2)cc1. The number of nitrogens with one attached hydrogen (secondary N) is 1. The molecule has 0 saturated heterocycles. The topological polar surface area (TPSA) is 98.2 Å². The molecule has 0 saturated carbocycles. The molecule has 0 atom stereocenters. The van der Waals surface area contributed by atoms with E-state index in [1.165, 1.54) is 12.1 Å². The van der Waals surface area contributed by atoms with E-state index < -0.39 is 10.0 Å². The zero-order valence-corrected chi connectivity index (χ0v) is 10.3. The highest BCUT2D eigenvalue weighted by molar-refractivity contribution is 7.92. The quantitative estimate of drug-likeness (QED) is 0.733. The molecule has 2 aromatic carbocycles. The summed E-state index contributed by atoms with van der Waals surface area (Å²) in [6, 6.07) is 12.5. The third-order valence-electron chi connectivity index (χ3n) is 2.33. The van der Waals surface area contributed by atoms with E-state index in [4.69, 9.17) is 11.5 Å². The Balaban J connectivity index is 2.30. The van der Waals surface area contributed by atoms with Crippen LogP contribution in [0.15, 0.2) is 53.4 Å². The lowest BCUT2D eigenvalue weighted by Gasteiger charge is -2.08. The molecule has 0 heterocycles. The van der Waals surface area contributed by atoms with E-state index in [-0.39, 0.29) is 4.90 Å². The van der Waals surface area contributed by atoms with E-state index in [1.807, 2.05) is 0 Å². The number of sulfonamides is 1. The molecular weight excluding hydrogens is 250 g/mol. The highest BCUT2D eigenvalue weighted by Crippen LogP contribution is 2.18. The summed E-state index contributed by atoms with van der Waals surface area (Å²) in [7, 11) is -3.62. The minimum Gasteiger partial charge on any atom is -0.399 e. The molecule has 0 bridgehead atoms. The minimum absolute atomic E-state index is 0.124. The number of benzene rings is 2. The van der Waals surface area contributed by atoms with Gasteiger partial charge in [0, 0.05) is 17.1 Å².